The van der Waals surface area contributed by atoms with Crippen molar-refractivity contribution in [3.05, 3.63) is 34.9 Å². The van der Waals surface area contributed by atoms with Crippen LogP contribution in [0.2, 0.25) is 5.02 Å². The summed E-state index contributed by atoms with van der Waals surface area (Å²) in [6, 6.07) is 7.50. The summed E-state index contributed by atoms with van der Waals surface area (Å²) >= 11 is 5.89. The second-order valence-electron chi connectivity index (χ2n) is 6.13. The van der Waals surface area contributed by atoms with Crippen LogP contribution in [0.3, 0.4) is 0 Å². The predicted octanol–water partition coefficient (Wildman–Crippen LogP) is 2.07. The van der Waals surface area contributed by atoms with Crippen molar-refractivity contribution >= 4 is 29.4 Å². The van der Waals surface area contributed by atoms with Crippen molar-refractivity contribution in [2.45, 2.75) is 13.0 Å². The molecule has 0 radical (unpaired) electrons. The third-order valence-electron chi connectivity index (χ3n) is 4.14. The second kappa shape index (κ2) is 10.2. The molecule has 146 valence electrons. The molecule has 0 amide bonds. The highest BCUT2D eigenvalue weighted by molar-refractivity contribution is 6.30. The first-order valence-corrected chi connectivity index (χ1v) is 9.29. The van der Waals surface area contributed by atoms with E-state index in [-0.39, 0.29) is 5.95 Å². The summed E-state index contributed by atoms with van der Waals surface area (Å²) < 4.78 is 5.35. The maximum atomic E-state index is 9.15. The number of hydrogen-bond acceptors (Lipinski definition) is 9. The molecular formula is C17H24ClN7O2. The smallest absolute Gasteiger partial charge is 0.253 e. The number of ether oxygens (including phenoxy) is 1. The van der Waals surface area contributed by atoms with E-state index in [0.717, 1.165) is 51.4 Å². The normalized spacial score (nSPS) is 14.7. The van der Waals surface area contributed by atoms with E-state index in [0.29, 0.717) is 23.5 Å². The van der Waals surface area contributed by atoms with Crippen molar-refractivity contribution in [3.63, 3.8) is 0 Å². The Morgan fingerprint density at radius 2 is 1.67 bits per heavy atom. The number of morpholine rings is 1. The van der Waals surface area contributed by atoms with Crippen LogP contribution in [-0.4, -0.2) is 64.5 Å². The Bertz CT molecular complexity index is 711. The Labute approximate surface area is 163 Å². The zero-order valence-electron chi connectivity index (χ0n) is 15.0. The Kier molecular flexibility index (Phi) is 7.40. The van der Waals surface area contributed by atoms with Crippen molar-refractivity contribution < 1.29 is 9.94 Å². The molecular weight excluding hydrogens is 370 g/mol. The molecule has 2 heterocycles. The van der Waals surface area contributed by atoms with Gasteiger partial charge < -0.3 is 15.4 Å². The molecule has 1 aromatic heterocycles. The van der Waals surface area contributed by atoms with Gasteiger partial charge in [-0.25, -0.2) is 5.48 Å². The van der Waals surface area contributed by atoms with Crippen molar-refractivity contribution in [2.75, 3.05) is 55.5 Å². The van der Waals surface area contributed by atoms with Gasteiger partial charge in [0.2, 0.25) is 11.9 Å². The average molecular weight is 394 g/mol. The molecule has 1 aliphatic rings. The van der Waals surface area contributed by atoms with Crippen LogP contribution in [0.5, 0.6) is 0 Å². The van der Waals surface area contributed by atoms with Crippen LogP contribution >= 0.6 is 11.6 Å². The number of rotatable bonds is 9. The van der Waals surface area contributed by atoms with Gasteiger partial charge in [0.1, 0.15) is 0 Å². The molecule has 3 rings (SSSR count). The lowest BCUT2D eigenvalue weighted by Crippen LogP contribution is -2.37. The topological polar surface area (TPSA) is 107 Å². The quantitative estimate of drug-likeness (QED) is 0.376. The third-order valence-corrected chi connectivity index (χ3v) is 4.39. The monoisotopic (exact) mass is 393 g/mol. The van der Waals surface area contributed by atoms with E-state index in [2.05, 4.69) is 30.5 Å². The molecule has 0 spiro atoms. The predicted molar refractivity (Wildman–Crippen MR) is 104 cm³/mol. The SMILES string of the molecule is ONc1nc(NCCCN2CCOCC2)nc(NCc2ccc(Cl)cc2)n1. The number of nitrogens with one attached hydrogen (secondary N) is 3. The fraction of sp³-hybridized carbons (Fsp3) is 0.471. The summed E-state index contributed by atoms with van der Waals surface area (Å²) in [7, 11) is 0. The highest BCUT2D eigenvalue weighted by atomic mass is 35.5. The standard InChI is InChI=1S/C17H24ClN7O2/c18-14-4-2-13(3-5-14)12-20-16-21-15(22-17(23-16)24-26)19-6-1-7-25-8-10-27-11-9-25/h2-5,26H,1,6-12H2,(H3,19,20,21,22,23,24). The number of halogens is 1. The van der Waals surface area contributed by atoms with Crippen molar-refractivity contribution in [1.29, 1.82) is 0 Å². The first-order chi connectivity index (χ1) is 13.2. The molecule has 2 aromatic rings. The maximum Gasteiger partial charge on any atom is 0.253 e. The molecule has 10 heteroatoms. The van der Waals surface area contributed by atoms with Gasteiger partial charge in [-0.1, -0.05) is 23.7 Å². The summed E-state index contributed by atoms with van der Waals surface area (Å²) in [5.74, 6) is 0.855. The van der Waals surface area contributed by atoms with E-state index >= 15 is 0 Å². The first kappa shape index (κ1) is 19.6. The molecule has 0 saturated carbocycles. The summed E-state index contributed by atoms with van der Waals surface area (Å²) in [6.45, 7) is 5.80. The van der Waals surface area contributed by atoms with Gasteiger partial charge in [0.15, 0.2) is 0 Å². The number of hydrogen-bond donors (Lipinski definition) is 4. The highest BCUT2D eigenvalue weighted by Gasteiger charge is 2.10. The summed E-state index contributed by atoms with van der Waals surface area (Å²) in [5.41, 5.74) is 3.01. The van der Waals surface area contributed by atoms with Crippen LogP contribution in [0.25, 0.3) is 0 Å². The zero-order chi connectivity index (χ0) is 18.9. The van der Waals surface area contributed by atoms with Crippen LogP contribution in [0.15, 0.2) is 24.3 Å². The van der Waals surface area contributed by atoms with Crippen molar-refractivity contribution in [1.82, 2.24) is 19.9 Å². The third kappa shape index (κ3) is 6.47. The summed E-state index contributed by atoms with van der Waals surface area (Å²) in [6.07, 6.45) is 0.959. The summed E-state index contributed by atoms with van der Waals surface area (Å²) in [4.78, 5) is 14.9. The molecule has 0 bridgehead atoms. The lowest BCUT2D eigenvalue weighted by atomic mass is 10.2. The van der Waals surface area contributed by atoms with E-state index in [1.54, 1.807) is 0 Å². The maximum absolute atomic E-state index is 9.15. The Morgan fingerprint density at radius 3 is 2.37 bits per heavy atom. The van der Waals surface area contributed by atoms with Crippen LogP contribution in [0.4, 0.5) is 17.8 Å². The van der Waals surface area contributed by atoms with Crippen LogP contribution in [0.1, 0.15) is 12.0 Å². The molecule has 1 saturated heterocycles. The number of anilines is 3. The zero-order valence-corrected chi connectivity index (χ0v) is 15.7. The van der Waals surface area contributed by atoms with Gasteiger partial charge in [-0.05, 0) is 30.7 Å². The van der Waals surface area contributed by atoms with Gasteiger partial charge in [-0.3, -0.25) is 10.1 Å². The molecule has 9 nitrogen and oxygen atoms in total. The Morgan fingerprint density at radius 1 is 1.00 bits per heavy atom. The minimum Gasteiger partial charge on any atom is -0.379 e. The lowest BCUT2D eigenvalue weighted by molar-refractivity contribution is 0.0378. The minimum absolute atomic E-state index is 0.0827. The van der Waals surface area contributed by atoms with Crippen LogP contribution in [0, 0.1) is 0 Å². The number of nitrogens with zero attached hydrogens (tertiary/aromatic N) is 4. The summed E-state index contributed by atoms with van der Waals surface area (Å²) in [5, 5.41) is 16.1. The largest absolute Gasteiger partial charge is 0.379 e. The molecule has 1 fully saturated rings. The van der Waals surface area contributed by atoms with E-state index in [9.17, 15) is 0 Å². The van der Waals surface area contributed by atoms with Crippen molar-refractivity contribution in [3.8, 4) is 0 Å². The molecule has 27 heavy (non-hydrogen) atoms. The fourth-order valence-electron chi connectivity index (χ4n) is 2.70. The average Bonchev–Trinajstić information content (AvgIpc) is 2.71. The number of aromatic nitrogens is 3. The molecule has 1 aromatic carbocycles. The van der Waals surface area contributed by atoms with E-state index in [1.807, 2.05) is 29.7 Å². The van der Waals surface area contributed by atoms with Gasteiger partial charge in [0.25, 0.3) is 5.95 Å². The molecule has 0 atom stereocenters. The van der Waals surface area contributed by atoms with Gasteiger partial charge in [0, 0.05) is 31.2 Å². The highest BCUT2D eigenvalue weighted by Crippen LogP contribution is 2.13. The Hall–Kier alpha value is -2.20. The fourth-order valence-corrected chi connectivity index (χ4v) is 2.82. The van der Waals surface area contributed by atoms with E-state index in [1.165, 1.54) is 0 Å². The van der Waals surface area contributed by atoms with E-state index < -0.39 is 0 Å². The molecule has 4 N–H and O–H groups in total. The van der Waals surface area contributed by atoms with Crippen molar-refractivity contribution in [2.24, 2.45) is 0 Å². The van der Waals surface area contributed by atoms with Gasteiger partial charge >= 0.3 is 0 Å². The van der Waals surface area contributed by atoms with Gasteiger partial charge in [-0.2, -0.15) is 15.0 Å². The van der Waals surface area contributed by atoms with E-state index in [4.69, 9.17) is 21.5 Å². The minimum atomic E-state index is 0.0827. The molecule has 1 aliphatic heterocycles. The van der Waals surface area contributed by atoms with Crippen LogP contribution in [-0.2, 0) is 11.3 Å². The first-order valence-electron chi connectivity index (χ1n) is 8.91. The lowest BCUT2D eigenvalue weighted by Gasteiger charge is -2.26. The molecule has 0 aliphatic carbocycles. The van der Waals surface area contributed by atoms with Gasteiger partial charge in [-0.15, -0.1) is 0 Å². The Balaban J connectivity index is 1.50. The van der Waals surface area contributed by atoms with Crippen LogP contribution < -0.4 is 16.1 Å². The van der Waals surface area contributed by atoms with Gasteiger partial charge in [0.05, 0.1) is 13.2 Å². The number of benzene rings is 1. The second-order valence-corrected chi connectivity index (χ2v) is 6.57. The molecule has 0 unspecified atom stereocenters.